The van der Waals surface area contributed by atoms with E-state index < -0.39 is 6.10 Å². The van der Waals surface area contributed by atoms with Crippen LogP contribution in [0.4, 0.5) is 0 Å². The van der Waals surface area contributed by atoms with E-state index in [1.54, 1.807) is 24.3 Å². The van der Waals surface area contributed by atoms with Crippen molar-refractivity contribution in [3.8, 4) is 11.5 Å². The number of para-hydroxylation sites is 3. The highest BCUT2D eigenvalue weighted by Crippen LogP contribution is 2.25. The fraction of sp³-hybridized carbons (Fsp3) is 0.231. The van der Waals surface area contributed by atoms with Crippen molar-refractivity contribution in [2.75, 3.05) is 6.61 Å². The molecule has 0 radical (unpaired) electrons. The van der Waals surface area contributed by atoms with Crippen molar-refractivity contribution in [2.45, 2.75) is 32.6 Å². The number of rotatable bonds is 9. The third-order valence-electron chi connectivity index (χ3n) is 5.20. The Hall–Kier alpha value is -3.64. The van der Waals surface area contributed by atoms with Crippen molar-refractivity contribution in [1.82, 2.24) is 9.55 Å². The minimum absolute atomic E-state index is 0.00272. The minimum atomic E-state index is -0.761. The van der Waals surface area contributed by atoms with Crippen molar-refractivity contribution < 1.29 is 19.4 Å². The molecule has 2 atom stereocenters. The molecule has 0 saturated carbocycles. The summed E-state index contributed by atoms with van der Waals surface area (Å²) in [6.07, 6.45) is -1.07. The lowest BCUT2D eigenvalue weighted by Crippen LogP contribution is -2.25. The van der Waals surface area contributed by atoms with Gasteiger partial charge in [0, 0.05) is 5.56 Å². The lowest BCUT2D eigenvalue weighted by Gasteiger charge is -2.19. The van der Waals surface area contributed by atoms with E-state index in [1.165, 1.54) is 6.92 Å². The largest absolute Gasteiger partial charge is 0.491 e. The molecule has 6 nitrogen and oxygen atoms in total. The number of aromatic nitrogens is 2. The molecule has 0 fully saturated rings. The Morgan fingerprint density at radius 3 is 2.38 bits per heavy atom. The molecular formula is C26H26N2O4. The predicted molar refractivity (Wildman–Crippen MR) is 123 cm³/mol. The predicted octanol–water partition coefficient (Wildman–Crippen LogP) is 4.82. The quantitative estimate of drug-likeness (QED) is 0.386. The molecule has 1 heterocycles. The van der Waals surface area contributed by atoms with Gasteiger partial charge in [0.15, 0.2) is 17.7 Å². The monoisotopic (exact) mass is 430 g/mol. The minimum Gasteiger partial charge on any atom is -0.491 e. The normalized spacial score (nSPS) is 13.0. The molecule has 3 aromatic carbocycles. The Kier molecular flexibility index (Phi) is 6.52. The van der Waals surface area contributed by atoms with Gasteiger partial charge in [-0.3, -0.25) is 4.79 Å². The second-order valence-electron chi connectivity index (χ2n) is 7.69. The molecule has 0 amide bonds. The van der Waals surface area contributed by atoms with Crippen LogP contribution in [0.5, 0.6) is 11.5 Å². The fourth-order valence-corrected chi connectivity index (χ4v) is 3.59. The molecule has 32 heavy (non-hydrogen) atoms. The first-order valence-corrected chi connectivity index (χ1v) is 10.6. The first kappa shape index (κ1) is 21.6. The number of aliphatic hydroxyl groups is 1. The molecule has 0 saturated heterocycles. The molecule has 4 rings (SSSR count). The number of imidazole rings is 1. The number of aliphatic hydroxyl groups excluding tert-OH is 1. The highest BCUT2D eigenvalue weighted by Gasteiger charge is 2.20. The zero-order valence-electron chi connectivity index (χ0n) is 18.1. The van der Waals surface area contributed by atoms with E-state index in [9.17, 15) is 9.90 Å². The number of carbonyl (C=O) groups is 1. The lowest BCUT2D eigenvalue weighted by molar-refractivity contribution is 0.0903. The van der Waals surface area contributed by atoms with Crippen LogP contribution in [-0.4, -0.2) is 33.2 Å². The number of fused-ring (bicyclic) bond motifs is 1. The maximum Gasteiger partial charge on any atom is 0.159 e. The number of Topliss-reactive ketones (excluding diaryl/α,β-unsaturated/α-hetero) is 1. The van der Waals surface area contributed by atoms with Crippen LogP contribution in [0.3, 0.4) is 0 Å². The third-order valence-corrected chi connectivity index (χ3v) is 5.20. The Labute approximate surface area is 187 Å². The molecule has 0 aliphatic rings. The Morgan fingerprint density at radius 2 is 1.66 bits per heavy atom. The number of hydrogen-bond acceptors (Lipinski definition) is 5. The molecule has 0 aliphatic heterocycles. The molecule has 0 bridgehead atoms. The fourth-order valence-electron chi connectivity index (χ4n) is 3.59. The third kappa shape index (κ3) is 4.98. The Balaban J connectivity index is 1.49. The van der Waals surface area contributed by atoms with Crippen LogP contribution in [0.15, 0.2) is 78.9 Å². The second-order valence-corrected chi connectivity index (χ2v) is 7.69. The van der Waals surface area contributed by atoms with E-state index in [-0.39, 0.29) is 18.5 Å². The topological polar surface area (TPSA) is 73.6 Å². The molecule has 0 unspecified atom stereocenters. The zero-order valence-corrected chi connectivity index (χ0v) is 18.1. The molecule has 164 valence electrons. The van der Waals surface area contributed by atoms with E-state index in [1.807, 2.05) is 66.1 Å². The van der Waals surface area contributed by atoms with Crippen molar-refractivity contribution >= 4 is 16.8 Å². The number of hydrogen-bond donors (Lipinski definition) is 1. The van der Waals surface area contributed by atoms with Crippen molar-refractivity contribution in [2.24, 2.45) is 0 Å². The summed E-state index contributed by atoms with van der Waals surface area (Å²) in [6, 6.07) is 24.3. The summed E-state index contributed by atoms with van der Waals surface area (Å²) < 4.78 is 13.8. The second kappa shape index (κ2) is 9.66. The summed E-state index contributed by atoms with van der Waals surface area (Å²) in [7, 11) is 0. The molecule has 1 aromatic heterocycles. The molecular weight excluding hydrogens is 404 g/mol. The van der Waals surface area contributed by atoms with Gasteiger partial charge in [-0.05, 0) is 62.4 Å². The van der Waals surface area contributed by atoms with Gasteiger partial charge in [-0.2, -0.15) is 0 Å². The van der Waals surface area contributed by atoms with E-state index in [0.717, 1.165) is 22.6 Å². The maximum absolute atomic E-state index is 11.4. The van der Waals surface area contributed by atoms with Crippen LogP contribution in [0.2, 0.25) is 0 Å². The van der Waals surface area contributed by atoms with Gasteiger partial charge in [-0.15, -0.1) is 0 Å². The average Bonchev–Trinajstić information content (AvgIpc) is 3.17. The van der Waals surface area contributed by atoms with Gasteiger partial charge in [0.25, 0.3) is 0 Å². The number of ether oxygens (including phenoxy) is 2. The highest BCUT2D eigenvalue weighted by molar-refractivity contribution is 5.94. The number of ketones is 1. The smallest absolute Gasteiger partial charge is 0.159 e. The van der Waals surface area contributed by atoms with Crippen LogP contribution < -0.4 is 9.47 Å². The van der Waals surface area contributed by atoms with Crippen LogP contribution in [-0.2, 0) is 6.54 Å². The van der Waals surface area contributed by atoms with Gasteiger partial charge in [-0.25, -0.2) is 4.98 Å². The van der Waals surface area contributed by atoms with Crippen LogP contribution >= 0.6 is 0 Å². The van der Waals surface area contributed by atoms with Gasteiger partial charge >= 0.3 is 0 Å². The van der Waals surface area contributed by atoms with Gasteiger partial charge < -0.3 is 19.1 Å². The van der Waals surface area contributed by atoms with Crippen LogP contribution in [0.25, 0.3) is 11.0 Å². The van der Waals surface area contributed by atoms with Gasteiger partial charge in [-0.1, -0.05) is 30.3 Å². The first-order chi connectivity index (χ1) is 15.5. The summed E-state index contributed by atoms with van der Waals surface area (Å²) in [5.41, 5.74) is 2.40. The summed E-state index contributed by atoms with van der Waals surface area (Å²) >= 11 is 0. The summed E-state index contributed by atoms with van der Waals surface area (Å²) in [5.74, 6) is 2.10. The van der Waals surface area contributed by atoms with Crippen molar-refractivity contribution in [3.05, 3.63) is 90.3 Å². The summed E-state index contributed by atoms with van der Waals surface area (Å²) in [6.45, 7) is 3.89. The highest BCUT2D eigenvalue weighted by atomic mass is 16.5. The van der Waals surface area contributed by atoms with Gasteiger partial charge in [0.2, 0.25) is 0 Å². The number of nitrogens with zero attached hydrogens (tertiary/aromatic N) is 2. The molecule has 0 aliphatic carbocycles. The van der Waals surface area contributed by atoms with Gasteiger partial charge in [0.05, 0.1) is 17.6 Å². The summed E-state index contributed by atoms with van der Waals surface area (Å²) in [5, 5.41) is 10.7. The van der Waals surface area contributed by atoms with Crippen molar-refractivity contribution in [3.63, 3.8) is 0 Å². The zero-order chi connectivity index (χ0) is 22.5. The van der Waals surface area contributed by atoms with Crippen LogP contribution in [0, 0.1) is 0 Å². The summed E-state index contributed by atoms with van der Waals surface area (Å²) in [4.78, 5) is 16.2. The number of carbonyl (C=O) groups excluding carboxylic acids is 1. The first-order valence-electron chi connectivity index (χ1n) is 10.6. The van der Waals surface area contributed by atoms with Gasteiger partial charge in [0.1, 0.15) is 24.2 Å². The average molecular weight is 431 g/mol. The van der Waals surface area contributed by atoms with E-state index in [2.05, 4.69) is 0 Å². The van der Waals surface area contributed by atoms with Crippen LogP contribution in [0.1, 0.15) is 36.1 Å². The molecule has 4 aromatic rings. The molecule has 1 N–H and O–H groups in total. The molecule has 6 heteroatoms. The van der Waals surface area contributed by atoms with E-state index in [0.29, 0.717) is 17.9 Å². The standard InChI is InChI=1S/C26H26N2O4/c1-18(29)20-12-14-22(15-13-20)31-17-21(30)16-28-25-11-7-6-10-24(25)27-26(28)19(2)32-23-8-4-3-5-9-23/h3-15,19,21,30H,16-17H2,1-2H3/t19-,21+/m0/s1. The van der Waals surface area contributed by atoms with Crippen molar-refractivity contribution in [1.29, 1.82) is 0 Å². The van der Waals surface area contributed by atoms with E-state index >= 15 is 0 Å². The van der Waals surface area contributed by atoms with E-state index in [4.69, 9.17) is 14.5 Å². The molecule has 0 spiro atoms. The maximum atomic E-state index is 11.4. The Bertz CT molecular complexity index is 1190. The number of benzene rings is 3. The lowest BCUT2D eigenvalue weighted by atomic mass is 10.1. The SMILES string of the molecule is CC(=O)c1ccc(OC[C@H](O)Cn2c([C@H](C)Oc3ccccc3)nc3ccccc32)cc1. The Morgan fingerprint density at radius 1 is 0.969 bits per heavy atom.